The van der Waals surface area contributed by atoms with Crippen molar-refractivity contribution < 1.29 is 50.9 Å². The summed E-state index contributed by atoms with van der Waals surface area (Å²) in [4.78, 5) is 24.3. The summed E-state index contributed by atoms with van der Waals surface area (Å²) in [6, 6.07) is 4.15. The van der Waals surface area contributed by atoms with E-state index in [9.17, 15) is 26.3 Å². The van der Waals surface area contributed by atoms with E-state index in [0.717, 1.165) is 32.8 Å². The molecule has 0 saturated carbocycles. The molecule has 3 rings (SSSR count). The van der Waals surface area contributed by atoms with Crippen LogP contribution >= 0.6 is 0 Å². The van der Waals surface area contributed by atoms with Crippen molar-refractivity contribution in [3.05, 3.63) is 47.5 Å². The zero-order valence-electron chi connectivity index (χ0n) is 18.7. The molecule has 0 aliphatic carbocycles. The van der Waals surface area contributed by atoms with E-state index in [2.05, 4.69) is 33.3 Å². The summed E-state index contributed by atoms with van der Waals surface area (Å²) in [5.41, 5.74) is 3.82. The summed E-state index contributed by atoms with van der Waals surface area (Å²) in [5, 5.41) is 18.9. The van der Waals surface area contributed by atoms with E-state index in [1.807, 2.05) is 31.0 Å². The standard InChI is InChI=1S/C16H22N4O.2C2HF3O2/c1-3-21-12-14-9-20(8-13-4-6-17-7-5-13)11-16-15(14)10-19(2)18-16;2*3-2(4,5)1(6)7/h4-7,10,14H,3,8-9,11-12H2,1-2H3;2*(H,6,7). The first-order valence-corrected chi connectivity index (χ1v) is 9.96. The first kappa shape index (κ1) is 29.8. The molecule has 0 fully saturated rings. The molecule has 1 aliphatic heterocycles. The van der Waals surface area contributed by atoms with E-state index in [4.69, 9.17) is 24.5 Å². The minimum absolute atomic E-state index is 0.407. The Morgan fingerprint density at radius 2 is 1.60 bits per heavy atom. The van der Waals surface area contributed by atoms with E-state index >= 15 is 0 Å². The average Bonchev–Trinajstić information content (AvgIpc) is 3.12. The quantitative estimate of drug-likeness (QED) is 0.585. The maximum absolute atomic E-state index is 10.6. The molecule has 9 nitrogen and oxygen atoms in total. The number of aliphatic carboxylic acids is 2. The van der Waals surface area contributed by atoms with E-state index in [1.54, 1.807) is 0 Å². The smallest absolute Gasteiger partial charge is 0.475 e. The van der Waals surface area contributed by atoms with Crippen LogP contribution in [0, 0.1) is 0 Å². The minimum atomic E-state index is -5.08. The molecular formula is C20H24F6N4O5. The monoisotopic (exact) mass is 514 g/mol. The van der Waals surface area contributed by atoms with Gasteiger partial charge in [0, 0.05) is 63.4 Å². The van der Waals surface area contributed by atoms with Gasteiger partial charge in [-0.2, -0.15) is 31.4 Å². The lowest BCUT2D eigenvalue weighted by molar-refractivity contribution is -0.193. The highest BCUT2D eigenvalue weighted by atomic mass is 19.4. The molecule has 1 aliphatic rings. The van der Waals surface area contributed by atoms with Crippen LogP contribution in [0.2, 0.25) is 0 Å². The molecule has 35 heavy (non-hydrogen) atoms. The van der Waals surface area contributed by atoms with E-state index < -0.39 is 24.3 Å². The lowest BCUT2D eigenvalue weighted by Gasteiger charge is -2.31. The molecule has 0 aromatic carbocycles. The Hall–Kier alpha value is -3.20. The first-order valence-electron chi connectivity index (χ1n) is 9.96. The summed E-state index contributed by atoms with van der Waals surface area (Å²) in [6.45, 7) is 6.42. The highest BCUT2D eigenvalue weighted by Crippen LogP contribution is 2.28. The number of alkyl halides is 6. The Morgan fingerprint density at radius 3 is 2.06 bits per heavy atom. The Labute approximate surface area is 195 Å². The van der Waals surface area contributed by atoms with Crippen molar-refractivity contribution in [3.63, 3.8) is 0 Å². The molecule has 0 bridgehead atoms. The number of carbonyl (C=O) groups is 2. The van der Waals surface area contributed by atoms with Crippen LogP contribution in [-0.4, -0.2) is 73.9 Å². The number of nitrogens with zero attached hydrogens (tertiary/aromatic N) is 4. The molecule has 2 aromatic rings. The van der Waals surface area contributed by atoms with Gasteiger partial charge < -0.3 is 14.9 Å². The van der Waals surface area contributed by atoms with Gasteiger partial charge in [0.05, 0.1) is 12.3 Å². The normalized spacial score (nSPS) is 15.7. The summed E-state index contributed by atoms with van der Waals surface area (Å²) in [5.74, 6) is -5.11. The largest absolute Gasteiger partial charge is 0.490 e. The van der Waals surface area contributed by atoms with Crippen LogP contribution in [0.15, 0.2) is 30.7 Å². The zero-order valence-corrected chi connectivity index (χ0v) is 18.7. The average molecular weight is 514 g/mol. The number of aryl methyl sites for hydroxylation is 1. The summed E-state index contributed by atoms with van der Waals surface area (Å²) >= 11 is 0. The lowest BCUT2D eigenvalue weighted by Crippen LogP contribution is -2.34. The second-order valence-electron chi connectivity index (χ2n) is 7.19. The third kappa shape index (κ3) is 10.7. The molecule has 196 valence electrons. The molecule has 2 N–H and O–H groups in total. The van der Waals surface area contributed by atoms with Crippen molar-refractivity contribution >= 4 is 11.9 Å². The number of aromatic nitrogens is 3. The van der Waals surface area contributed by atoms with Gasteiger partial charge in [-0.05, 0) is 24.6 Å². The molecule has 3 heterocycles. The number of hydrogen-bond acceptors (Lipinski definition) is 6. The van der Waals surface area contributed by atoms with Crippen molar-refractivity contribution in [2.75, 3.05) is 19.8 Å². The van der Waals surface area contributed by atoms with Crippen LogP contribution in [0.5, 0.6) is 0 Å². The van der Waals surface area contributed by atoms with E-state index in [1.165, 1.54) is 16.8 Å². The van der Waals surface area contributed by atoms with Gasteiger partial charge in [-0.3, -0.25) is 14.6 Å². The van der Waals surface area contributed by atoms with Gasteiger partial charge in [-0.1, -0.05) is 0 Å². The number of rotatable bonds is 5. The fraction of sp³-hybridized carbons (Fsp3) is 0.500. The highest BCUT2D eigenvalue weighted by molar-refractivity contribution is 5.73. The van der Waals surface area contributed by atoms with Gasteiger partial charge in [0.25, 0.3) is 0 Å². The molecule has 0 amide bonds. The third-order valence-corrected chi connectivity index (χ3v) is 4.39. The second kappa shape index (κ2) is 13.0. The highest BCUT2D eigenvalue weighted by Gasteiger charge is 2.38. The topological polar surface area (TPSA) is 118 Å². The predicted octanol–water partition coefficient (Wildman–Crippen LogP) is 3.22. The minimum Gasteiger partial charge on any atom is -0.475 e. The van der Waals surface area contributed by atoms with Crippen molar-refractivity contribution in [2.24, 2.45) is 7.05 Å². The van der Waals surface area contributed by atoms with Gasteiger partial charge in [0.1, 0.15) is 0 Å². The van der Waals surface area contributed by atoms with Crippen LogP contribution in [0.25, 0.3) is 0 Å². The number of halogens is 6. The molecule has 1 atom stereocenters. The molecular weight excluding hydrogens is 490 g/mol. The Kier molecular flexibility index (Phi) is 11.1. The molecule has 0 spiro atoms. The summed E-state index contributed by atoms with van der Waals surface area (Å²) < 4.78 is 71.1. The SMILES string of the molecule is CCOCC1CN(Cc2ccncc2)Cc2nn(C)cc21.O=C(O)C(F)(F)F.O=C(O)C(F)(F)F. The number of pyridine rings is 1. The fourth-order valence-electron chi connectivity index (χ4n) is 2.97. The zero-order chi connectivity index (χ0) is 26.8. The molecule has 0 radical (unpaired) electrons. The van der Waals surface area contributed by atoms with Crippen LogP contribution in [0.1, 0.15) is 29.7 Å². The van der Waals surface area contributed by atoms with E-state index in [0.29, 0.717) is 5.92 Å². The van der Waals surface area contributed by atoms with Gasteiger partial charge in [-0.25, -0.2) is 9.59 Å². The Morgan fingerprint density at radius 1 is 1.09 bits per heavy atom. The molecule has 15 heteroatoms. The second-order valence-corrected chi connectivity index (χ2v) is 7.19. The lowest BCUT2D eigenvalue weighted by atomic mass is 9.95. The number of carboxylic acids is 2. The fourth-order valence-corrected chi connectivity index (χ4v) is 2.97. The Balaban J connectivity index is 0.000000362. The van der Waals surface area contributed by atoms with Crippen molar-refractivity contribution in [2.45, 2.75) is 38.3 Å². The Bertz CT molecular complexity index is 926. The van der Waals surface area contributed by atoms with Crippen molar-refractivity contribution in [1.29, 1.82) is 0 Å². The van der Waals surface area contributed by atoms with Crippen LogP contribution in [-0.2, 0) is 34.5 Å². The first-order chi connectivity index (χ1) is 16.1. The maximum Gasteiger partial charge on any atom is 0.490 e. The van der Waals surface area contributed by atoms with Crippen LogP contribution in [0.4, 0.5) is 26.3 Å². The van der Waals surface area contributed by atoms with Gasteiger partial charge in [-0.15, -0.1) is 0 Å². The number of fused-ring (bicyclic) bond motifs is 1. The van der Waals surface area contributed by atoms with E-state index in [-0.39, 0.29) is 0 Å². The van der Waals surface area contributed by atoms with Crippen molar-refractivity contribution in [3.8, 4) is 0 Å². The van der Waals surface area contributed by atoms with Gasteiger partial charge in [0.2, 0.25) is 0 Å². The maximum atomic E-state index is 10.6. The summed E-state index contributed by atoms with van der Waals surface area (Å²) in [7, 11) is 1.99. The van der Waals surface area contributed by atoms with Gasteiger partial charge in [0.15, 0.2) is 0 Å². The van der Waals surface area contributed by atoms with Gasteiger partial charge >= 0.3 is 24.3 Å². The molecule has 0 saturated heterocycles. The van der Waals surface area contributed by atoms with Crippen LogP contribution in [0.3, 0.4) is 0 Å². The number of ether oxygens (including phenoxy) is 1. The summed E-state index contributed by atoms with van der Waals surface area (Å²) in [6.07, 6.45) is -4.32. The molecule has 1 unspecified atom stereocenters. The number of hydrogen-bond donors (Lipinski definition) is 2. The van der Waals surface area contributed by atoms with Crippen molar-refractivity contribution in [1.82, 2.24) is 19.7 Å². The predicted molar refractivity (Wildman–Crippen MR) is 108 cm³/mol. The molecule has 2 aromatic heterocycles. The third-order valence-electron chi connectivity index (χ3n) is 4.39. The van der Waals surface area contributed by atoms with Crippen LogP contribution < -0.4 is 0 Å². The number of carboxylic acid groups (broad SMARTS) is 2.